The molecule has 0 aromatic heterocycles. The van der Waals surface area contributed by atoms with E-state index in [0.29, 0.717) is 6.54 Å². The van der Waals surface area contributed by atoms with Gasteiger partial charge in [0.2, 0.25) is 11.8 Å². The third kappa shape index (κ3) is 3.51. The Morgan fingerprint density at radius 3 is 2.67 bits per heavy atom. The van der Waals surface area contributed by atoms with Crippen LogP contribution in [0.25, 0.3) is 0 Å². The van der Waals surface area contributed by atoms with Crippen LogP contribution >= 0.6 is 0 Å². The molecule has 1 saturated heterocycles. The molecule has 1 rings (SSSR count). The Morgan fingerprint density at radius 2 is 2.00 bits per heavy atom. The van der Waals surface area contributed by atoms with E-state index in [0.717, 1.165) is 19.5 Å². The lowest BCUT2D eigenvalue weighted by molar-refractivity contribution is -0.148. The summed E-state index contributed by atoms with van der Waals surface area (Å²) < 4.78 is 0. The zero-order valence-electron chi connectivity index (χ0n) is 9.45. The highest BCUT2D eigenvalue weighted by Crippen LogP contribution is 2.02. The van der Waals surface area contributed by atoms with Crippen LogP contribution in [0.2, 0.25) is 0 Å². The van der Waals surface area contributed by atoms with E-state index in [2.05, 4.69) is 5.32 Å². The molecule has 0 radical (unpaired) electrons. The molecule has 86 valence electrons. The molecule has 0 aliphatic carbocycles. The van der Waals surface area contributed by atoms with Crippen LogP contribution in [-0.4, -0.2) is 61.4 Å². The second kappa shape index (κ2) is 5.70. The number of nitrogens with one attached hydrogen (secondary N) is 1. The van der Waals surface area contributed by atoms with Gasteiger partial charge in [-0.15, -0.1) is 0 Å². The fourth-order valence-electron chi connectivity index (χ4n) is 1.54. The van der Waals surface area contributed by atoms with Crippen LogP contribution in [0, 0.1) is 0 Å². The predicted molar refractivity (Wildman–Crippen MR) is 57.4 cm³/mol. The smallest absolute Gasteiger partial charge is 0.242 e. The standard InChI is InChI=1S/C10H19N3O2/c1-3-11-5-4-6-13-8-9(14)12(2)7-10(13)15/h11H,3-8H2,1-2H3. The lowest BCUT2D eigenvalue weighted by atomic mass is 10.3. The van der Waals surface area contributed by atoms with Gasteiger partial charge in [0.1, 0.15) is 0 Å². The Hall–Kier alpha value is -1.10. The van der Waals surface area contributed by atoms with Gasteiger partial charge in [0.25, 0.3) is 0 Å². The number of hydrogen-bond acceptors (Lipinski definition) is 3. The van der Waals surface area contributed by atoms with E-state index in [9.17, 15) is 9.59 Å². The molecule has 1 aliphatic rings. The summed E-state index contributed by atoms with van der Waals surface area (Å²) in [7, 11) is 1.66. The van der Waals surface area contributed by atoms with Crippen LogP contribution < -0.4 is 5.32 Å². The largest absolute Gasteiger partial charge is 0.335 e. The molecule has 5 heteroatoms. The zero-order valence-corrected chi connectivity index (χ0v) is 9.45. The maximum Gasteiger partial charge on any atom is 0.242 e. The molecular formula is C10H19N3O2. The van der Waals surface area contributed by atoms with Crippen molar-refractivity contribution in [2.24, 2.45) is 0 Å². The SMILES string of the molecule is CCNCCCN1CC(=O)N(C)CC1=O. The summed E-state index contributed by atoms with van der Waals surface area (Å²) in [4.78, 5) is 26.0. The van der Waals surface area contributed by atoms with E-state index >= 15 is 0 Å². The zero-order chi connectivity index (χ0) is 11.3. The average Bonchev–Trinajstić information content (AvgIpc) is 2.20. The first-order valence-electron chi connectivity index (χ1n) is 5.37. The van der Waals surface area contributed by atoms with Crippen molar-refractivity contribution in [2.75, 3.05) is 39.8 Å². The number of rotatable bonds is 5. The topological polar surface area (TPSA) is 52.7 Å². The first kappa shape index (κ1) is 12.0. The highest BCUT2D eigenvalue weighted by atomic mass is 16.2. The van der Waals surface area contributed by atoms with Gasteiger partial charge in [-0.2, -0.15) is 0 Å². The molecule has 1 fully saturated rings. The van der Waals surface area contributed by atoms with Gasteiger partial charge in [0.15, 0.2) is 0 Å². The van der Waals surface area contributed by atoms with Crippen molar-refractivity contribution in [1.82, 2.24) is 15.1 Å². The molecule has 0 spiro atoms. The van der Waals surface area contributed by atoms with Crippen LogP contribution in [0.4, 0.5) is 0 Å². The Morgan fingerprint density at radius 1 is 1.27 bits per heavy atom. The summed E-state index contributed by atoms with van der Waals surface area (Å²) in [6.45, 7) is 5.01. The maximum absolute atomic E-state index is 11.5. The van der Waals surface area contributed by atoms with Gasteiger partial charge >= 0.3 is 0 Å². The monoisotopic (exact) mass is 213 g/mol. The Balaban J connectivity index is 2.29. The summed E-state index contributed by atoms with van der Waals surface area (Å²) in [5, 5.41) is 3.19. The number of amides is 2. The molecule has 1 aliphatic heterocycles. The minimum atomic E-state index is 0.0260. The Bertz CT molecular complexity index is 243. The van der Waals surface area contributed by atoms with E-state index in [1.807, 2.05) is 6.92 Å². The maximum atomic E-state index is 11.5. The molecule has 0 saturated carbocycles. The summed E-state index contributed by atoms with van der Waals surface area (Å²) in [6, 6.07) is 0. The van der Waals surface area contributed by atoms with Gasteiger partial charge in [-0.05, 0) is 19.5 Å². The molecular weight excluding hydrogens is 194 g/mol. The number of likely N-dealkylation sites (N-methyl/N-ethyl adjacent to an activating group) is 1. The third-order valence-corrected chi connectivity index (χ3v) is 2.51. The number of carbonyl (C=O) groups is 2. The molecule has 0 bridgehead atoms. The van der Waals surface area contributed by atoms with Gasteiger partial charge in [-0.3, -0.25) is 9.59 Å². The van der Waals surface area contributed by atoms with Gasteiger partial charge < -0.3 is 15.1 Å². The van der Waals surface area contributed by atoms with E-state index in [1.54, 1.807) is 11.9 Å². The Kier molecular flexibility index (Phi) is 4.55. The lowest BCUT2D eigenvalue weighted by Gasteiger charge is -2.31. The van der Waals surface area contributed by atoms with Crippen molar-refractivity contribution in [2.45, 2.75) is 13.3 Å². The van der Waals surface area contributed by atoms with Crippen molar-refractivity contribution in [3.05, 3.63) is 0 Å². The lowest BCUT2D eigenvalue weighted by Crippen LogP contribution is -2.52. The second-order valence-corrected chi connectivity index (χ2v) is 3.77. The fraction of sp³-hybridized carbons (Fsp3) is 0.800. The van der Waals surface area contributed by atoms with Crippen molar-refractivity contribution in [3.8, 4) is 0 Å². The van der Waals surface area contributed by atoms with E-state index in [4.69, 9.17) is 0 Å². The van der Waals surface area contributed by atoms with Gasteiger partial charge in [0.05, 0.1) is 13.1 Å². The minimum Gasteiger partial charge on any atom is -0.335 e. The molecule has 0 aromatic rings. The first-order chi connectivity index (χ1) is 7.15. The van der Waals surface area contributed by atoms with Crippen molar-refractivity contribution in [1.29, 1.82) is 0 Å². The predicted octanol–water partition coefficient (Wildman–Crippen LogP) is -0.713. The van der Waals surface area contributed by atoms with E-state index < -0.39 is 0 Å². The number of nitrogens with zero attached hydrogens (tertiary/aromatic N) is 2. The van der Waals surface area contributed by atoms with Gasteiger partial charge in [0, 0.05) is 13.6 Å². The normalized spacial score (nSPS) is 17.5. The van der Waals surface area contributed by atoms with Crippen molar-refractivity contribution >= 4 is 11.8 Å². The molecule has 2 amide bonds. The summed E-state index contributed by atoms with van der Waals surface area (Å²) in [5.41, 5.74) is 0. The van der Waals surface area contributed by atoms with Crippen LogP contribution in [0.3, 0.4) is 0 Å². The molecule has 5 nitrogen and oxygen atoms in total. The van der Waals surface area contributed by atoms with Crippen LogP contribution in [0.5, 0.6) is 0 Å². The van der Waals surface area contributed by atoms with Gasteiger partial charge in [-0.25, -0.2) is 0 Å². The second-order valence-electron chi connectivity index (χ2n) is 3.77. The molecule has 15 heavy (non-hydrogen) atoms. The molecule has 1 heterocycles. The number of carbonyl (C=O) groups excluding carboxylic acids is 2. The Labute approximate surface area is 90.4 Å². The number of hydrogen-bond donors (Lipinski definition) is 1. The summed E-state index contributed by atoms with van der Waals surface area (Å²) >= 11 is 0. The quantitative estimate of drug-likeness (QED) is 0.614. The summed E-state index contributed by atoms with van der Waals surface area (Å²) in [6.07, 6.45) is 0.899. The third-order valence-electron chi connectivity index (χ3n) is 2.51. The van der Waals surface area contributed by atoms with Crippen LogP contribution in [0.1, 0.15) is 13.3 Å². The van der Waals surface area contributed by atoms with E-state index in [1.165, 1.54) is 4.90 Å². The molecule has 1 N–H and O–H groups in total. The molecule has 0 aromatic carbocycles. The van der Waals surface area contributed by atoms with Crippen molar-refractivity contribution in [3.63, 3.8) is 0 Å². The fourth-order valence-corrected chi connectivity index (χ4v) is 1.54. The van der Waals surface area contributed by atoms with E-state index in [-0.39, 0.29) is 24.9 Å². The molecule has 0 unspecified atom stereocenters. The minimum absolute atomic E-state index is 0.0260. The van der Waals surface area contributed by atoms with Gasteiger partial charge in [-0.1, -0.05) is 6.92 Å². The highest BCUT2D eigenvalue weighted by molar-refractivity contribution is 5.92. The summed E-state index contributed by atoms with van der Waals surface area (Å²) in [5.74, 6) is 0.0756. The average molecular weight is 213 g/mol. The molecule has 0 atom stereocenters. The highest BCUT2D eigenvalue weighted by Gasteiger charge is 2.26. The first-order valence-corrected chi connectivity index (χ1v) is 5.37. The van der Waals surface area contributed by atoms with Crippen molar-refractivity contribution < 1.29 is 9.59 Å². The van der Waals surface area contributed by atoms with Crippen LogP contribution in [-0.2, 0) is 9.59 Å². The number of piperazine rings is 1. The van der Waals surface area contributed by atoms with Crippen LogP contribution in [0.15, 0.2) is 0 Å².